The molecular weight excluding hydrogens is 543 g/mol. The molecule has 3 rings (SSSR count). The lowest BCUT2D eigenvalue weighted by Crippen LogP contribution is -2.27. The number of ether oxygens (including phenoxy) is 2. The van der Waals surface area contributed by atoms with Gasteiger partial charge in [0.15, 0.2) is 18.1 Å². The van der Waals surface area contributed by atoms with Gasteiger partial charge in [0, 0.05) is 12.2 Å². The second-order valence-electron chi connectivity index (χ2n) is 6.89. The third kappa shape index (κ3) is 5.83. The van der Waals surface area contributed by atoms with Crippen LogP contribution in [0.25, 0.3) is 6.08 Å². The van der Waals surface area contributed by atoms with Gasteiger partial charge in [0.25, 0.3) is 17.1 Å². The smallest absolute Gasteiger partial charge is 0.293 e. The predicted molar refractivity (Wildman–Crippen MR) is 134 cm³/mol. The summed E-state index contributed by atoms with van der Waals surface area (Å²) in [5.41, 5.74) is 2.51. The molecule has 0 aliphatic carbocycles. The lowest BCUT2D eigenvalue weighted by Gasteiger charge is -2.15. The Morgan fingerprint density at radius 3 is 2.50 bits per heavy atom. The van der Waals surface area contributed by atoms with Crippen LogP contribution in [0.2, 0.25) is 0 Å². The topological polar surface area (TPSA) is 84.9 Å². The number of nitrogens with zero attached hydrogens (tertiary/aromatic N) is 1. The Labute approximate surface area is 204 Å². The van der Waals surface area contributed by atoms with E-state index in [-0.39, 0.29) is 23.7 Å². The number of benzene rings is 2. The number of aryl methyl sites for hydroxylation is 1. The molecule has 168 valence electrons. The van der Waals surface area contributed by atoms with Crippen molar-refractivity contribution in [1.29, 1.82) is 0 Å². The number of imide groups is 1. The molecule has 0 aromatic heterocycles. The molecule has 0 radical (unpaired) electrons. The Kier molecular flexibility index (Phi) is 8.19. The summed E-state index contributed by atoms with van der Waals surface area (Å²) in [5, 5.41) is 2.52. The molecule has 0 atom stereocenters. The molecule has 0 bridgehead atoms. The molecule has 1 N–H and O–H groups in total. The van der Waals surface area contributed by atoms with Crippen molar-refractivity contribution in [2.75, 3.05) is 25.1 Å². The second-order valence-corrected chi connectivity index (χ2v) is 9.05. The lowest BCUT2D eigenvalue weighted by atomic mass is 10.2. The summed E-state index contributed by atoms with van der Waals surface area (Å²) in [6.07, 6.45) is 1.67. The van der Waals surface area contributed by atoms with Gasteiger partial charge in [-0.3, -0.25) is 19.3 Å². The molecule has 1 fully saturated rings. The van der Waals surface area contributed by atoms with Crippen molar-refractivity contribution < 1.29 is 23.9 Å². The number of nitrogens with one attached hydrogen (secondary N) is 1. The number of hydrogen-bond donors (Lipinski definition) is 1. The van der Waals surface area contributed by atoms with Crippen molar-refractivity contribution in [2.45, 2.75) is 20.8 Å². The van der Waals surface area contributed by atoms with Crippen LogP contribution in [0.3, 0.4) is 0 Å². The third-order valence-electron chi connectivity index (χ3n) is 4.50. The average Bonchev–Trinajstić information content (AvgIpc) is 3.01. The molecule has 7 nitrogen and oxygen atoms in total. The predicted octanol–water partition coefficient (Wildman–Crippen LogP) is 5.07. The Morgan fingerprint density at radius 2 is 1.88 bits per heavy atom. The van der Waals surface area contributed by atoms with Crippen LogP contribution in [0.1, 0.15) is 25.0 Å². The van der Waals surface area contributed by atoms with Gasteiger partial charge in [0.2, 0.25) is 0 Å². The van der Waals surface area contributed by atoms with Crippen molar-refractivity contribution in [3.8, 4) is 11.5 Å². The number of rotatable bonds is 8. The van der Waals surface area contributed by atoms with E-state index in [1.165, 1.54) is 4.90 Å². The zero-order valence-electron chi connectivity index (χ0n) is 17.9. The van der Waals surface area contributed by atoms with Crippen molar-refractivity contribution in [3.05, 3.63) is 56.0 Å². The van der Waals surface area contributed by atoms with Gasteiger partial charge in [0.1, 0.15) is 0 Å². The van der Waals surface area contributed by atoms with Crippen LogP contribution >= 0.6 is 34.4 Å². The minimum absolute atomic E-state index is 0.182. The molecule has 0 spiro atoms. The van der Waals surface area contributed by atoms with Gasteiger partial charge >= 0.3 is 0 Å². The van der Waals surface area contributed by atoms with E-state index in [1.54, 1.807) is 19.1 Å². The number of amides is 3. The number of halogens is 1. The summed E-state index contributed by atoms with van der Waals surface area (Å²) in [5.74, 6) is 0.321. The highest BCUT2D eigenvalue weighted by atomic mass is 127. The molecular formula is C23H23IN2O5S. The largest absolute Gasteiger partial charge is 0.490 e. The highest BCUT2D eigenvalue weighted by Gasteiger charge is 2.33. The third-order valence-corrected chi connectivity index (χ3v) is 6.21. The van der Waals surface area contributed by atoms with Crippen LogP contribution in [0.15, 0.2) is 41.3 Å². The minimum atomic E-state index is -0.302. The molecule has 2 aromatic rings. The van der Waals surface area contributed by atoms with Gasteiger partial charge in [0.05, 0.1) is 15.1 Å². The summed E-state index contributed by atoms with van der Waals surface area (Å²) >= 11 is 3.02. The summed E-state index contributed by atoms with van der Waals surface area (Å²) in [7, 11) is 0. The molecule has 9 heteroatoms. The minimum Gasteiger partial charge on any atom is -0.490 e. The molecule has 0 unspecified atom stereocenters. The Morgan fingerprint density at radius 1 is 1.16 bits per heavy atom. The molecule has 32 heavy (non-hydrogen) atoms. The van der Waals surface area contributed by atoms with E-state index in [0.717, 1.165) is 20.9 Å². The summed E-state index contributed by atoms with van der Waals surface area (Å²) in [4.78, 5) is 38.2. The van der Waals surface area contributed by atoms with Gasteiger partial charge in [-0.2, -0.15) is 0 Å². The van der Waals surface area contributed by atoms with Crippen LogP contribution < -0.4 is 14.8 Å². The number of carbonyl (C=O) groups excluding carboxylic acids is 3. The highest BCUT2D eigenvalue weighted by molar-refractivity contribution is 14.1. The van der Waals surface area contributed by atoms with E-state index < -0.39 is 0 Å². The SMILES string of the molecule is CCOc1cc(/C=C2/SC(=O)N(CC)C2=O)cc(I)c1OCC(=O)Nc1ccc(C)cc1. The number of anilines is 1. The first-order chi connectivity index (χ1) is 15.3. The molecule has 1 aliphatic heterocycles. The van der Waals surface area contributed by atoms with Crippen LogP contribution in [0.4, 0.5) is 10.5 Å². The van der Waals surface area contributed by atoms with E-state index in [4.69, 9.17) is 9.47 Å². The molecule has 3 amide bonds. The zero-order valence-corrected chi connectivity index (χ0v) is 20.9. The monoisotopic (exact) mass is 566 g/mol. The first-order valence-electron chi connectivity index (χ1n) is 10.0. The van der Waals surface area contributed by atoms with Crippen LogP contribution in [0.5, 0.6) is 11.5 Å². The maximum absolute atomic E-state index is 12.4. The lowest BCUT2D eigenvalue weighted by molar-refractivity contribution is -0.122. The number of hydrogen-bond acceptors (Lipinski definition) is 6. The van der Waals surface area contributed by atoms with Crippen molar-refractivity contribution in [3.63, 3.8) is 0 Å². The zero-order chi connectivity index (χ0) is 23.3. The highest BCUT2D eigenvalue weighted by Crippen LogP contribution is 2.37. The summed E-state index contributed by atoms with van der Waals surface area (Å²) in [6.45, 7) is 6.14. The van der Waals surface area contributed by atoms with E-state index >= 15 is 0 Å². The van der Waals surface area contributed by atoms with Gasteiger partial charge in [-0.25, -0.2) is 0 Å². The molecule has 0 saturated carbocycles. The maximum Gasteiger partial charge on any atom is 0.293 e. The maximum atomic E-state index is 12.4. The molecule has 1 aliphatic rings. The van der Waals surface area contributed by atoms with Gasteiger partial charge in [-0.05, 0) is 91.0 Å². The Hall–Kier alpha value is -2.53. The summed E-state index contributed by atoms with van der Waals surface area (Å²) < 4.78 is 12.2. The van der Waals surface area contributed by atoms with Gasteiger partial charge < -0.3 is 14.8 Å². The fourth-order valence-electron chi connectivity index (χ4n) is 2.97. The fraction of sp³-hybridized carbons (Fsp3) is 0.261. The number of thioether (sulfide) groups is 1. The fourth-order valence-corrected chi connectivity index (χ4v) is 4.65. The number of likely N-dealkylation sites (N-methyl/N-ethyl adjacent to an activating group) is 1. The normalized spacial score (nSPS) is 14.8. The van der Waals surface area contributed by atoms with E-state index in [1.807, 2.05) is 44.2 Å². The van der Waals surface area contributed by atoms with Crippen molar-refractivity contribution >= 4 is 63.2 Å². The van der Waals surface area contributed by atoms with Crippen LogP contribution in [0, 0.1) is 10.5 Å². The van der Waals surface area contributed by atoms with Gasteiger partial charge in [-0.1, -0.05) is 17.7 Å². The number of carbonyl (C=O) groups is 3. The second kappa shape index (κ2) is 10.9. The van der Waals surface area contributed by atoms with Crippen LogP contribution in [-0.2, 0) is 9.59 Å². The summed E-state index contributed by atoms with van der Waals surface area (Å²) in [6, 6.07) is 11.0. The van der Waals surface area contributed by atoms with E-state index in [0.29, 0.717) is 40.8 Å². The van der Waals surface area contributed by atoms with Crippen molar-refractivity contribution in [2.24, 2.45) is 0 Å². The molecule has 1 heterocycles. The Balaban J connectivity index is 1.76. The average molecular weight is 566 g/mol. The molecule has 2 aromatic carbocycles. The van der Waals surface area contributed by atoms with E-state index in [2.05, 4.69) is 27.9 Å². The van der Waals surface area contributed by atoms with Crippen molar-refractivity contribution in [1.82, 2.24) is 4.90 Å². The Bertz CT molecular complexity index is 1070. The first kappa shape index (κ1) is 24.1. The standard InChI is InChI=1S/C23H23IN2O5S/c1-4-26-22(28)19(32-23(26)29)12-15-10-17(24)21(18(11-15)30-5-2)31-13-20(27)25-16-8-6-14(3)7-9-16/h6-12H,4-5,13H2,1-3H3,(H,25,27)/b19-12+. The quantitative estimate of drug-likeness (QED) is 0.355. The van der Waals surface area contributed by atoms with E-state index in [9.17, 15) is 14.4 Å². The molecule has 1 saturated heterocycles. The van der Waals surface area contributed by atoms with Gasteiger partial charge in [-0.15, -0.1) is 0 Å². The van der Waals surface area contributed by atoms with Crippen LogP contribution in [-0.4, -0.2) is 41.7 Å². The first-order valence-corrected chi connectivity index (χ1v) is 11.9.